The molecule has 0 unspecified atom stereocenters. The average molecular weight is 658 g/mol. The molecule has 2 heterocycles. The van der Waals surface area contributed by atoms with Gasteiger partial charge in [0.2, 0.25) is 0 Å². The minimum atomic E-state index is -0.346. The minimum absolute atomic E-state index is 0.120. The Hall–Kier alpha value is -6.31. The van der Waals surface area contributed by atoms with Gasteiger partial charge in [-0.1, -0.05) is 119 Å². The second-order valence-corrected chi connectivity index (χ2v) is 14.6. The Morgan fingerprint density at radius 2 is 1.06 bits per heavy atom. The van der Waals surface area contributed by atoms with Gasteiger partial charge in [0, 0.05) is 38.6 Å². The second-order valence-electron chi connectivity index (χ2n) is 14.6. The van der Waals surface area contributed by atoms with Gasteiger partial charge >= 0.3 is 0 Å². The molecule has 9 rings (SSSR count). The van der Waals surface area contributed by atoms with Crippen LogP contribution in [0.5, 0.6) is 11.5 Å². The van der Waals surface area contributed by atoms with Gasteiger partial charge in [0.25, 0.3) is 0 Å². The summed E-state index contributed by atoms with van der Waals surface area (Å²) in [5.74, 6) is 2.34. The van der Waals surface area contributed by atoms with Crippen LogP contribution in [0.1, 0.15) is 55.5 Å². The number of aromatic nitrogens is 2. The highest BCUT2D eigenvalue weighted by atomic mass is 16.5. The van der Waals surface area contributed by atoms with Gasteiger partial charge in [-0.15, -0.1) is 0 Å². The van der Waals surface area contributed by atoms with E-state index < -0.39 is 0 Å². The van der Waals surface area contributed by atoms with Crippen LogP contribution in [0.3, 0.4) is 0 Å². The lowest BCUT2D eigenvalue weighted by molar-refractivity contribution is 0.418. The summed E-state index contributed by atoms with van der Waals surface area (Å²) in [6.07, 6.45) is 0. The highest BCUT2D eigenvalue weighted by molar-refractivity contribution is 5.84. The van der Waals surface area contributed by atoms with E-state index in [1.165, 1.54) is 22.3 Å². The van der Waals surface area contributed by atoms with E-state index in [1.54, 1.807) is 0 Å². The molecule has 1 aliphatic carbocycles. The minimum Gasteiger partial charge on any atom is -0.457 e. The van der Waals surface area contributed by atoms with Crippen molar-refractivity contribution in [3.05, 3.63) is 167 Å². The number of hydrogen-bond acceptors (Lipinski definition) is 4. The molecule has 0 fully saturated rings. The molecule has 244 valence electrons. The molecule has 0 bridgehead atoms. The predicted molar refractivity (Wildman–Crippen MR) is 205 cm³/mol. The molecule has 0 saturated heterocycles. The predicted octanol–water partition coefficient (Wildman–Crippen LogP) is 11.8. The zero-order valence-electron chi connectivity index (χ0n) is 29.0. The van der Waals surface area contributed by atoms with Gasteiger partial charge in [-0.2, -0.15) is 5.26 Å². The maximum absolute atomic E-state index is 9.57. The number of rotatable bonds is 4. The first-order valence-electron chi connectivity index (χ1n) is 17.4. The van der Waals surface area contributed by atoms with E-state index in [4.69, 9.17) is 14.7 Å². The maximum Gasteiger partial charge on any atom is 0.160 e. The van der Waals surface area contributed by atoms with Crippen LogP contribution in [0.25, 0.3) is 56.2 Å². The van der Waals surface area contributed by atoms with Crippen LogP contribution in [-0.4, -0.2) is 9.97 Å². The van der Waals surface area contributed by atoms with Gasteiger partial charge in [0.15, 0.2) is 5.82 Å². The highest BCUT2D eigenvalue weighted by Crippen LogP contribution is 2.50. The normalized spacial score (nSPS) is 14.3. The summed E-state index contributed by atoms with van der Waals surface area (Å²) >= 11 is 0. The van der Waals surface area contributed by atoms with Crippen LogP contribution in [-0.2, 0) is 10.8 Å². The number of nitrogens with zero attached hydrogens (tertiary/aromatic N) is 3. The molecule has 2 aliphatic rings. The van der Waals surface area contributed by atoms with E-state index in [0.29, 0.717) is 11.4 Å². The molecule has 1 aliphatic heterocycles. The van der Waals surface area contributed by atoms with Gasteiger partial charge < -0.3 is 4.74 Å². The molecule has 6 aromatic carbocycles. The van der Waals surface area contributed by atoms with Crippen molar-refractivity contribution >= 4 is 0 Å². The van der Waals surface area contributed by atoms with Gasteiger partial charge in [-0.05, 0) is 81.9 Å². The molecule has 0 spiro atoms. The molecule has 51 heavy (non-hydrogen) atoms. The fraction of sp³-hybridized carbons (Fsp3) is 0.128. The summed E-state index contributed by atoms with van der Waals surface area (Å²) in [4.78, 5) is 10.4. The Balaban J connectivity index is 1.14. The summed E-state index contributed by atoms with van der Waals surface area (Å²) < 4.78 is 6.34. The number of benzene rings is 6. The summed E-state index contributed by atoms with van der Waals surface area (Å²) in [5.41, 5.74) is 14.5. The smallest absolute Gasteiger partial charge is 0.160 e. The lowest BCUT2D eigenvalue weighted by atomic mass is 9.74. The molecular weight excluding hydrogens is 623 g/mol. The molecule has 1 aromatic heterocycles. The van der Waals surface area contributed by atoms with Crippen LogP contribution in [0.2, 0.25) is 0 Å². The van der Waals surface area contributed by atoms with Crippen molar-refractivity contribution in [3.8, 4) is 73.7 Å². The van der Waals surface area contributed by atoms with Gasteiger partial charge in [0.1, 0.15) is 11.5 Å². The van der Waals surface area contributed by atoms with Crippen molar-refractivity contribution in [2.45, 2.75) is 38.5 Å². The summed E-state index contributed by atoms with van der Waals surface area (Å²) in [5, 5.41) is 9.57. The molecule has 4 heteroatoms. The Morgan fingerprint density at radius 1 is 0.471 bits per heavy atom. The van der Waals surface area contributed by atoms with E-state index >= 15 is 0 Å². The summed E-state index contributed by atoms with van der Waals surface area (Å²) in [6, 6.07) is 50.7. The molecule has 4 nitrogen and oxygen atoms in total. The molecule has 7 aromatic rings. The van der Waals surface area contributed by atoms with Crippen molar-refractivity contribution in [3.63, 3.8) is 0 Å². The Morgan fingerprint density at radius 3 is 1.86 bits per heavy atom. The number of ether oxygens (including phenoxy) is 1. The quantitative estimate of drug-likeness (QED) is 0.189. The van der Waals surface area contributed by atoms with E-state index in [2.05, 4.69) is 137 Å². The first kappa shape index (κ1) is 30.7. The SMILES string of the molecule is CC1(C)c2cc(C#N)ccc2Oc2ccc(-c3cccc(-c4cc(-c5ccccc5)nc(-c5ccc6c(c5)C(C)(C)c5ccccc5-6)n4)c3)cc21. The zero-order valence-corrected chi connectivity index (χ0v) is 29.0. The largest absolute Gasteiger partial charge is 0.457 e. The zero-order chi connectivity index (χ0) is 34.9. The fourth-order valence-electron chi connectivity index (χ4n) is 7.91. The van der Waals surface area contributed by atoms with Crippen molar-refractivity contribution < 1.29 is 4.74 Å². The number of nitriles is 1. The van der Waals surface area contributed by atoms with E-state index in [0.717, 1.165) is 61.8 Å². The third-order valence-electron chi connectivity index (χ3n) is 10.8. The van der Waals surface area contributed by atoms with E-state index in [1.807, 2.05) is 36.4 Å². The van der Waals surface area contributed by atoms with E-state index in [-0.39, 0.29) is 10.8 Å². The third kappa shape index (κ3) is 4.96. The first-order valence-corrected chi connectivity index (χ1v) is 17.4. The maximum atomic E-state index is 9.57. The molecule has 0 radical (unpaired) electrons. The monoisotopic (exact) mass is 657 g/mol. The number of fused-ring (bicyclic) bond motifs is 5. The van der Waals surface area contributed by atoms with Crippen LogP contribution in [0.4, 0.5) is 0 Å². The van der Waals surface area contributed by atoms with Gasteiger partial charge in [-0.3, -0.25) is 0 Å². The molecule has 0 N–H and O–H groups in total. The Kier molecular flexibility index (Phi) is 6.85. The van der Waals surface area contributed by atoms with Crippen molar-refractivity contribution in [1.29, 1.82) is 5.26 Å². The second kappa shape index (κ2) is 11.4. The number of hydrogen-bond donors (Lipinski definition) is 0. The third-order valence-corrected chi connectivity index (χ3v) is 10.8. The van der Waals surface area contributed by atoms with Gasteiger partial charge in [0.05, 0.1) is 23.0 Å². The molecule has 0 saturated carbocycles. The highest BCUT2D eigenvalue weighted by Gasteiger charge is 2.36. The summed E-state index contributed by atoms with van der Waals surface area (Å²) in [6.45, 7) is 8.99. The lowest BCUT2D eigenvalue weighted by Gasteiger charge is -2.35. The lowest BCUT2D eigenvalue weighted by Crippen LogP contribution is -2.24. The molecule has 0 amide bonds. The van der Waals surface area contributed by atoms with Crippen molar-refractivity contribution in [1.82, 2.24) is 9.97 Å². The van der Waals surface area contributed by atoms with Crippen LogP contribution in [0.15, 0.2) is 140 Å². The molecule has 0 atom stereocenters. The molecular formula is C47H35N3O. The van der Waals surface area contributed by atoms with Crippen molar-refractivity contribution in [2.24, 2.45) is 0 Å². The standard InChI is InChI=1S/C47H35N3O/c1-46(2)37-16-9-8-15-35(37)36-20-18-34(26-38(36)46)45-49-41(30-11-6-5-7-12-30)27-42(50-45)33-14-10-13-31(24-33)32-19-22-44-40(25-32)47(3,4)39-23-29(28-48)17-21-43(39)51-44/h5-27H,1-4H3. The topological polar surface area (TPSA) is 58.8 Å². The first-order chi connectivity index (χ1) is 24.7. The van der Waals surface area contributed by atoms with Crippen LogP contribution in [0, 0.1) is 11.3 Å². The van der Waals surface area contributed by atoms with Crippen LogP contribution >= 0.6 is 0 Å². The average Bonchev–Trinajstić information content (AvgIpc) is 3.40. The van der Waals surface area contributed by atoms with Crippen LogP contribution < -0.4 is 4.74 Å². The Bertz CT molecular complexity index is 2580. The Labute approximate surface area is 298 Å². The van der Waals surface area contributed by atoms with Crippen molar-refractivity contribution in [2.75, 3.05) is 0 Å². The van der Waals surface area contributed by atoms with Gasteiger partial charge in [-0.25, -0.2) is 9.97 Å². The van der Waals surface area contributed by atoms with E-state index in [9.17, 15) is 5.26 Å². The fourth-order valence-corrected chi connectivity index (χ4v) is 7.91. The summed E-state index contributed by atoms with van der Waals surface area (Å²) in [7, 11) is 0.